The third kappa shape index (κ3) is 7.67. The molecule has 6 N–H and O–H groups in total. The maximum Gasteiger partial charge on any atom is 0.433 e. The van der Waals surface area contributed by atoms with Crippen molar-refractivity contribution in [3.8, 4) is 5.88 Å². The number of hydrogen-bond donors (Lipinski definition) is 5. The molecule has 0 atom stereocenters. The predicted molar refractivity (Wildman–Crippen MR) is 135 cm³/mol. The summed E-state index contributed by atoms with van der Waals surface area (Å²) in [6.07, 6.45) is -4.99. The molecule has 1 saturated carbocycles. The molecule has 1 fully saturated rings. The number of aliphatic carboxylic acids is 1. The molecule has 2 aromatic rings. The highest BCUT2D eigenvalue weighted by atomic mass is 19.4. The largest absolute Gasteiger partial charge is 0.494 e. The highest BCUT2D eigenvalue weighted by Gasteiger charge is 2.43. The van der Waals surface area contributed by atoms with E-state index < -0.39 is 94.5 Å². The van der Waals surface area contributed by atoms with Crippen LogP contribution >= 0.6 is 0 Å². The third-order valence-corrected chi connectivity index (χ3v) is 6.40. The lowest BCUT2D eigenvalue weighted by molar-refractivity contribution is -0.142. The van der Waals surface area contributed by atoms with Gasteiger partial charge in [0.05, 0.1) is 24.1 Å². The van der Waals surface area contributed by atoms with E-state index in [4.69, 9.17) is 10.8 Å². The number of hydrogen-bond acceptors (Lipinski definition) is 8. The summed E-state index contributed by atoms with van der Waals surface area (Å²) in [7, 11) is 0. The van der Waals surface area contributed by atoms with Crippen LogP contribution in [-0.2, 0) is 16.1 Å². The lowest BCUT2D eigenvalue weighted by atomic mass is 9.86. The Bertz CT molecular complexity index is 1540. The standard InChI is InChI=1S/C25H24F5N5O7/c26-13-5-11(6-14(27)7-13)9-35(10-17(36)18-20(37)33-24(42)34-21(18)38)22(39)16(8-31)19(25(28,29)30)32-15-3-1-12(2-4-15)23(40)41/h5-8,12,15H,1-4,9-10,31H2,(H,40,41)(H3,33,34,37,38,42). The van der Waals surface area contributed by atoms with Crippen LogP contribution in [0.25, 0.3) is 0 Å². The Morgan fingerprint density at radius 1 is 1.05 bits per heavy atom. The lowest BCUT2D eigenvalue weighted by Crippen LogP contribution is -2.42. The molecule has 1 aliphatic rings. The van der Waals surface area contributed by atoms with Crippen LogP contribution in [0.4, 0.5) is 22.0 Å². The van der Waals surface area contributed by atoms with Gasteiger partial charge < -0.3 is 20.8 Å². The zero-order valence-corrected chi connectivity index (χ0v) is 21.5. The van der Waals surface area contributed by atoms with E-state index in [1.165, 1.54) is 0 Å². The number of halogens is 5. The van der Waals surface area contributed by atoms with E-state index in [-0.39, 0.29) is 37.4 Å². The number of H-pyrrole nitrogens is 2. The van der Waals surface area contributed by atoms with Crippen molar-refractivity contribution in [1.29, 1.82) is 0 Å². The zero-order chi connectivity index (χ0) is 31.4. The quantitative estimate of drug-likeness (QED) is 0.124. The molecule has 0 saturated heterocycles. The van der Waals surface area contributed by atoms with Gasteiger partial charge in [0.15, 0.2) is 11.5 Å². The Balaban J connectivity index is 2.03. The summed E-state index contributed by atoms with van der Waals surface area (Å²) in [4.78, 5) is 68.5. The first-order chi connectivity index (χ1) is 19.6. The summed E-state index contributed by atoms with van der Waals surface area (Å²) in [5, 5.41) is 19.0. The molecule has 1 aliphatic carbocycles. The summed E-state index contributed by atoms with van der Waals surface area (Å²) in [5.41, 5.74) is -1.48. The van der Waals surface area contributed by atoms with Crippen molar-refractivity contribution in [2.24, 2.45) is 16.6 Å². The number of nitrogens with one attached hydrogen (secondary N) is 2. The number of nitrogens with two attached hydrogens (primary N) is 1. The van der Waals surface area contributed by atoms with E-state index in [2.05, 4.69) is 4.99 Å². The number of nitrogens with zero attached hydrogens (tertiary/aromatic N) is 2. The van der Waals surface area contributed by atoms with Crippen molar-refractivity contribution in [3.05, 3.63) is 73.6 Å². The number of alkyl halides is 3. The molecule has 0 unspecified atom stereocenters. The zero-order valence-electron chi connectivity index (χ0n) is 21.5. The first kappa shape index (κ1) is 31.7. The normalized spacial score (nSPS) is 18.0. The minimum atomic E-state index is -5.26. The molecule has 1 heterocycles. The summed E-state index contributed by atoms with van der Waals surface area (Å²) < 4.78 is 70.2. The Morgan fingerprint density at radius 3 is 2.14 bits per heavy atom. The third-order valence-electron chi connectivity index (χ3n) is 6.40. The molecule has 1 amide bonds. The molecule has 0 radical (unpaired) electrons. The topological polar surface area (TPSA) is 199 Å². The van der Waals surface area contributed by atoms with Crippen molar-refractivity contribution in [2.45, 2.75) is 44.4 Å². The summed E-state index contributed by atoms with van der Waals surface area (Å²) >= 11 is 0. The number of rotatable bonds is 9. The van der Waals surface area contributed by atoms with Crippen LogP contribution in [0.3, 0.4) is 0 Å². The molecule has 12 nitrogen and oxygen atoms in total. The van der Waals surface area contributed by atoms with Crippen molar-refractivity contribution in [1.82, 2.24) is 14.9 Å². The summed E-state index contributed by atoms with van der Waals surface area (Å²) in [6.45, 7) is -2.08. The minimum absolute atomic E-state index is 0.0349. The number of aromatic amines is 2. The Morgan fingerprint density at radius 2 is 1.64 bits per heavy atom. The average molecular weight is 601 g/mol. The smallest absolute Gasteiger partial charge is 0.433 e. The van der Waals surface area contributed by atoms with E-state index in [9.17, 15) is 51.0 Å². The maximum atomic E-state index is 14.2. The van der Waals surface area contributed by atoms with E-state index in [1.807, 2.05) is 0 Å². The first-order valence-electron chi connectivity index (χ1n) is 12.2. The van der Waals surface area contributed by atoms with Crippen molar-refractivity contribution < 1.29 is 46.5 Å². The van der Waals surface area contributed by atoms with Crippen molar-refractivity contribution in [2.75, 3.05) is 6.54 Å². The number of amides is 1. The van der Waals surface area contributed by atoms with Gasteiger partial charge in [-0.2, -0.15) is 13.2 Å². The monoisotopic (exact) mass is 601 g/mol. The number of carbonyl (C=O) groups excluding carboxylic acids is 2. The van der Waals surface area contributed by atoms with Gasteiger partial charge in [0.1, 0.15) is 17.2 Å². The Kier molecular flexibility index (Phi) is 9.64. The number of benzene rings is 1. The Labute approximate surface area is 232 Å². The number of aromatic hydroxyl groups is 1. The number of carboxylic acids is 1. The maximum absolute atomic E-state index is 14.2. The molecular weight excluding hydrogens is 577 g/mol. The van der Waals surface area contributed by atoms with Crippen LogP contribution < -0.4 is 17.0 Å². The molecule has 226 valence electrons. The average Bonchev–Trinajstić information content (AvgIpc) is 2.86. The first-order valence-corrected chi connectivity index (χ1v) is 12.2. The fourth-order valence-corrected chi connectivity index (χ4v) is 4.46. The van der Waals surface area contributed by atoms with Crippen LogP contribution in [0.5, 0.6) is 5.88 Å². The molecule has 42 heavy (non-hydrogen) atoms. The molecule has 0 aliphatic heterocycles. The Hall–Kier alpha value is -4.83. The van der Waals surface area contributed by atoms with Gasteiger partial charge in [-0.05, 0) is 43.4 Å². The number of Topliss-reactive ketones (excluding diaryl/α,β-unsaturated/α-hetero) is 1. The number of aromatic nitrogens is 2. The minimum Gasteiger partial charge on any atom is -0.494 e. The van der Waals surface area contributed by atoms with E-state index in [1.54, 1.807) is 9.97 Å². The fourth-order valence-electron chi connectivity index (χ4n) is 4.46. The molecular formula is C25H24F5N5O7. The number of carboxylic acid groups (broad SMARTS) is 1. The van der Waals surface area contributed by atoms with Gasteiger partial charge in [-0.1, -0.05) is 0 Å². The molecule has 1 aromatic heterocycles. The summed E-state index contributed by atoms with van der Waals surface area (Å²) in [6, 6.07) is 0.939. The SMILES string of the molecule is NC=C(C(=O)N(CC(=O)c1c(O)[nH]c(=O)[nH]c1=O)Cc1cc(F)cc(F)c1)C(=NC1CCC(C(=O)O)CC1)C(F)(F)F. The van der Waals surface area contributed by atoms with Crippen molar-refractivity contribution in [3.63, 3.8) is 0 Å². The van der Waals surface area contributed by atoms with Gasteiger partial charge in [-0.15, -0.1) is 0 Å². The van der Waals surface area contributed by atoms with Crippen LogP contribution in [0.1, 0.15) is 41.6 Å². The second kappa shape index (κ2) is 12.8. The molecule has 0 spiro atoms. The molecule has 3 rings (SSSR count). The van der Waals surface area contributed by atoms with Crippen LogP contribution in [0.2, 0.25) is 0 Å². The van der Waals surface area contributed by atoms with Gasteiger partial charge in [-0.25, -0.2) is 13.6 Å². The number of ketones is 1. The van der Waals surface area contributed by atoms with Crippen molar-refractivity contribution >= 4 is 23.4 Å². The second-order valence-corrected chi connectivity index (χ2v) is 9.39. The van der Waals surface area contributed by atoms with E-state index in [0.29, 0.717) is 11.0 Å². The van der Waals surface area contributed by atoms with Gasteiger partial charge >= 0.3 is 17.8 Å². The molecule has 1 aromatic carbocycles. The highest BCUT2D eigenvalue weighted by Crippen LogP contribution is 2.30. The number of carbonyl (C=O) groups is 3. The predicted octanol–water partition coefficient (Wildman–Crippen LogP) is 1.75. The van der Waals surface area contributed by atoms with Gasteiger partial charge in [0.2, 0.25) is 5.88 Å². The van der Waals surface area contributed by atoms with Gasteiger partial charge in [0, 0.05) is 18.8 Å². The van der Waals surface area contributed by atoms with E-state index >= 15 is 0 Å². The van der Waals surface area contributed by atoms with Crippen LogP contribution in [0, 0.1) is 17.6 Å². The number of aliphatic imine (C=N–C) groups is 1. The van der Waals surface area contributed by atoms with Gasteiger partial charge in [-0.3, -0.25) is 34.1 Å². The fraction of sp³-hybridized carbons (Fsp3) is 0.360. The van der Waals surface area contributed by atoms with Crippen LogP contribution in [0.15, 0.2) is 44.6 Å². The van der Waals surface area contributed by atoms with Crippen LogP contribution in [-0.4, -0.2) is 67.2 Å². The molecule has 17 heteroatoms. The van der Waals surface area contributed by atoms with E-state index in [0.717, 1.165) is 12.1 Å². The highest BCUT2D eigenvalue weighted by molar-refractivity contribution is 6.24. The second-order valence-electron chi connectivity index (χ2n) is 9.39. The summed E-state index contributed by atoms with van der Waals surface area (Å²) in [5.74, 6) is -8.22. The van der Waals surface area contributed by atoms with Gasteiger partial charge in [0.25, 0.3) is 11.5 Å². The molecule has 0 bridgehead atoms. The lowest BCUT2D eigenvalue weighted by Gasteiger charge is -2.27.